The van der Waals surface area contributed by atoms with Crippen LogP contribution < -0.4 is 4.74 Å². The lowest BCUT2D eigenvalue weighted by Crippen LogP contribution is -1.98. The SMILES string of the molecule is Brc1cccc(Oc2cccc3c4ccccc4n(-c4ccccn4)c23)c1. The van der Waals surface area contributed by atoms with Gasteiger partial charge in [-0.2, -0.15) is 0 Å². The van der Waals surface area contributed by atoms with E-state index in [0.717, 1.165) is 38.2 Å². The second kappa shape index (κ2) is 6.56. The van der Waals surface area contributed by atoms with E-state index in [9.17, 15) is 0 Å². The Morgan fingerprint density at radius 1 is 0.778 bits per heavy atom. The summed E-state index contributed by atoms with van der Waals surface area (Å²) >= 11 is 3.51. The molecule has 27 heavy (non-hydrogen) atoms. The zero-order chi connectivity index (χ0) is 18.2. The highest BCUT2D eigenvalue weighted by molar-refractivity contribution is 9.10. The largest absolute Gasteiger partial charge is 0.455 e. The number of ether oxygens (including phenoxy) is 1. The van der Waals surface area contributed by atoms with Crippen molar-refractivity contribution in [3.63, 3.8) is 0 Å². The summed E-state index contributed by atoms with van der Waals surface area (Å²) in [5, 5.41) is 2.32. The van der Waals surface area contributed by atoms with Crippen molar-refractivity contribution < 1.29 is 4.74 Å². The average Bonchev–Trinajstić information content (AvgIpc) is 3.04. The van der Waals surface area contributed by atoms with Crippen LogP contribution in [0.4, 0.5) is 0 Å². The van der Waals surface area contributed by atoms with Crippen LogP contribution in [0.5, 0.6) is 11.5 Å². The number of rotatable bonds is 3. The first-order valence-electron chi connectivity index (χ1n) is 8.68. The smallest absolute Gasteiger partial charge is 0.152 e. The van der Waals surface area contributed by atoms with Crippen molar-refractivity contribution in [2.75, 3.05) is 0 Å². The van der Waals surface area contributed by atoms with Crippen molar-refractivity contribution in [3.8, 4) is 17.3 Å². The van der Waals surface area contributed by atoms with Gasteiger partial charge < -0.3 is 4.74 Å². The molecule has 0 amide bonds. The lowest BCUT2D eigenvalue weighted by molar-refractivity contribution is 0.486. The summed E-state index contributed by atoms with van der Waals surface area (Å²) in [5.41, 5.74) is 2.12. The maximum atomic E-state index is 6.29. The zero-order valence-electron chi connectivity index (χ0n) is 14.3. The van der Waals surface area contributed by atoms with Crippen LogP contribution in [0.3, 0.4) is 0 Å². The molecule has 0 radical (unpaired) electrons. The highest BCUT2D eigenvalue weighted by atomic mass is 79.9. The van der Waals surface area contributed by atoms with Gasteiger partial charge in [0.05, 0.1) is 11.0 Å². The normalized spacial score (nSPS) is 11.1. The Balaban J connectivity index is 1.83. The van der Waals surface area contributed by atoms with Gasteiger partial charge in [0, 0.05) is 21.4 Å². The molecule has 4 heteroatoms. The molecule has 0 N–H and O–H groups in total. The molecule has 0 unspecified atom stereocenters. The number of aromatic nitrogens is 2. The van der Waals surface area contributed by atoms with Crippen molar-refractivity contribution in [2.24, 2.45) is 0 Å². The second-order valence-electron chi connectivity index (χ2n) is 6.25. The number of para-hydroxylation sites is 2. The number of halogens is 1. The van der Waals surface area contributed by atoms with Crippen LogP contribution in [-0.4, -0.2) is 9.55 Å². The molecule has 0 aliphatic rings. The van der Waals surface area contributed by atoms with E-state index >= 15 is 0 Å². The van der Waals surface area contributed by atoms with Gasteiger partial charge in [0.15, 0.2) is 5.75 Å². The van der Waals surface area contributed by atoms with E-state index in [1.54, 1.807) is 0 Å². The molecule has 0 fully saturated rings. The molecular weight excluding hydrogens is 400 g/mol. The van der Waals surface area contributed by atoms with E-state index in [1.807, 2.05) is 60.8 Å². The average molecular weight is 415 g/mol. The van der Waals surface area contributed by atoms with Crippen LogP contribution in [0.1, 0.15) is 0 Å². The molecule has 0 saturated heterocycles. The minimum atomic E-state index is 0.787. The predicted molar refractivity (Wildman–Crippen MR) is 113 cm³/mol. The molecule has 0 aliphatic heterocycles. The van der Waals surface area contributed by atoms with Crippen molar-refractivity contribution in [2.45, 2.75) is 0 Å². The topological polar surface area (TPSA) is 27.1 Å². The third-order valence-electron chi connectivity index (χ3n) is 4.56. The van der Waals surface area contributed by atoms with E-state index in [2.05, 4.69) is 55.8 Å². The first-order chi connectivity index (χ1) is 13.3. The Morgan fingerprint density at radius 3 is 2.44 bits per heavy atom. The molecule has 0 saturated carbocycles. The first-order valence-corrected chi connectivity index (χ1v) is 9.47. The van der Waals surface area contributed by atoms with Gasteiger partial charge in [0.25, 0.3) is 0 Å². The Hall–Kier alpha value is -3.11. The highest BCUT2D eigenvalue weighted by Crippen LogP contribution is 2.38. The van der Waals surface area contributed by atoms with Gasteiger partial charge in [0.1, 0.15) is 11.6 Å². The summed E-state index contributed by atoms with van der Waals surface area (Å²) in [4.78, 5) is 4.58. The predicted octanol–water partition coefficient (Wildman–Crippen LogP) is 6.73. The summed E-state index contributed by atoms with van der Waals surface area (Å²) in [5.74, 6) is 2.45. The molecular formula is C23H15BrN2O. The highest BCUT2D eigenvalue weighted by Gasteiger charge is 2.16. The summed E-state index contributed by atoms with van der Waals surface area (Å²) < 4.78 is 9.43. The molecule has 0 spiro atoms. The van der Waals surface area contributed by atoms with E-state index in [-0.39, 0.29) is 0 Å². The van der Waals surface area contributed by atoms with Crippen molar-refractivity contribution >= 4 is 37.7 Å². The third kappa shape index (κ3) is 2.78. The monoisotopic (exact) mass is 414 g/mol. The molecule has 0 bridgehead atoms. The van der Waals surface area contributed by atoms with Gasteiger partial charge in [-0.1, -0.05) is 58.4 Å². The third-order valence-corrected chi connectivity index (χ3v) is 5.05. The molecule has 2 heterocycles. The minimum absolute atomic E-state index is 0.787. The van der Waals surface area contributed by atoms with Gasteiger partial charge in [-0.25, -0.2) is 4.98 Å². The molecule has 5 rings (SSSR count). The van der Waals surface area contributed by atoms with Crippen LogP contribution in [-0.2, 0) is 0 Å². The number of nitrogens with zero attached hydrogens (tertiary/aromatic N) is 2. The van der Waals surface area contributed by atoms with Crippen LogP contribution in [0.15, 0.2) is 95.6 Å². The molecule has 0 aliphatic carbocycles. The number of fused-ring (bicyclic) bond motifs is 3. The van der Waals surface area contributed by atoms with Gasteiger partial charge in [-0.15, -0.1) is 0 Å². The number of benzene rings is 3. The Labute approximate surface area is 165 Å². The maximum Gasteiger partial charge on any atom is 0.152 e. The summed E-state index contributed by atoms with van der Waals surface area (Å²) in [6.07, 6.45) is 1.81. The summed E-state index contributed by atoms with van der Waals surface area (Å²) in [6.45, 7) is 0. The minimum Gasteiger partial charge on any atom is -0.455 e. The number of hydrogen-bond donors (Lipinski definition) is 0. The maximum absolute atomic E-state index is 6.29. The summed E-state index contributed by atoms with van der Waals surface area (Å²) in [6, 6.07) is 28.3. The Kier molecular flexibility index (Phi) is 3.91. The zero-order valence-corrected chi connectivity index (χ0v) is 15.9. The fourth-order valence-electron chi connectivity index (χ4n) is 3.45. The van der Waals surface area contributed by atoms with Crippen molar-refractivity contribution in [1.29, 1.82) is 0 Å². The van der Waals surface area contributed by atoms with Crippen LogP contribution in [0.2, 0.25) is 0 Å². The van der Waals surface area contributed by atoms with Gasteiger partial charge >= 0.3 is 0 Å². The van der Waals surface area contributed by atoms with E-state index < -0.39 is 0 Å². The molecule has 2 aromatic heterocycles. The van der Waals surface area contributed by atoms with Crippen LogP contribution in [0, 0.1) is 0 Å². The Bertz CT molecular complexity index is 1260. The summed E-state index contributed by atoms with van der Waals surface area (Å²) in [7, 11) is 0. The number of hydrogen-bond acceptors (Lipinski definition) is 2. The van der Waals surface area contributed by atoms with E-state index in [1.165, 1.54) is 5.39 Å². The molecule has 0 atom stereocenters. The van der Waals surface area contributed by atoms with Crippen molar-refractivity contribution in [3.05, 3.63) is 95.6 Å². The van der Waals surface area contributed by atoms with E-state index in [0.29, 0.717) is 0 Å². The fraction of sp³-hybridized carbons (Fsp3) is 0. The fourth-order valence-corrected chi connectivity index (χ4v) is 3.83. The van der Waals surface area contributed by atoms with Crippen LogP contribution in [0.25, 0.3) is 27.6 Å². The second-order valence-corrected chi connectivity index (χ2v) is 7.17. The van der Waals surface area contributed by atoms with Gasteiger partial charge in [-0.05, 0) is 42.5 Å². The Morgan fingerprint density at radius 2 is 1.59 bits per heavy atom. The van der Waals surface area contributed by atoms with Gasteiger partial charge in [0.2, 0.25) is 0 Å². The molecule has 5 aromatic rings. The first kappa shape index (κ1) is 16.1. The molecule has 3 aromatic carbocycles. The van der Waals surface area contributed by atoms with Crippen LogP contribution >= 0.6 is 15.9 Å². The lowest BCUT2D eigenvalue weighted by Gasteiger charge is -2.11. The molecule has 130 valence electrons. The van der Waals surface area contributed by atoms with Gasteiger partial charge in [-0.3, -0.25) is 4.57 Å². The standard InChI is InChI=1S/C23H15BrN2O/c24-16-7-5-8-17(15-16)27-21-12-6-10-19-18-9-1-2-11-20(18)26(23(19)21)22-13-3-4-14-25-22/h1-15H. The lowest BCUT2D eigenvalue weighted by atomic mass is 10.1. The quantitative estimate of drug-likeness (QED) is 0.327. The molecule has 3 nitrogen and oxygen atoms in total. The van der Waals surface area contributed by atoms with E-state index in [4.69, 9.17) is 4.74 Å². The van der Waals surface area contributed by atoms with Crippen molar-refractivity contribution in [1.82, 2.24) is 9.55 Å². The number of pyridine rings is 1.